The second kappa shape index (κ2) is 12.4. The summed E-state index contributed by atoms with van der Waals surface area (Å²) in [6, 6.07) is 27.7. The molecule has 1 aliphatic heterocycles. The number of amides is 1. The van der Waals surface area contributed by atoms with Gasteiger partial charge < -0.3 is 10.4 Å². The van der Waals surface area contributed by atoms with Crippen molar-refractivity contribution in [2.45, 2.75) is 26.4 Å². The van der Waals surface area contributed by atoms with Crippen molar-refractivity contribution in [3.63, 3.8) is 0 Å². The van der Waals surface area contributed by atoms with Gasteiger partial charge in [-0.1, -0.05) is 85.8 Å². The smallest absolute Gasteiger partial charge is 0.307 e. The molecule has 1 saturated heterocycles. The second-order valence-corrected chi connectivity index (χ2v) is 10.6. The first-order chi connectivity index (χ1) is 19.4. The lowest BCUT2D eigenvalue weighted by molar-refractivity contribution is -0.141. The number of benzene rings is 3. The molecule has 4 aromatic rings. The number of carboxylic acids is 1. The zero-order valence-electron chi connectivity index (χ0n) is 23.1. The van der Waals surface area contributed by atoms with Crippen LogP contribution in [-0.2, 0) is 11.3 Å². The van der Waals surface area contributed by atoms with E-state index in [0.29, 0.717) is 18.7 Å². The molecular formula is C33H36N4O3. The molecule has 0 radical (unpaired) electrons. The predicted octanol–water partition coefficient (Wildman–Crippen LogP) is 5.23. The van der Waals surface area contributed by atoms with Crippen LogP contribution in [-0.4, -0.2) is 64.5 Å². The summed E-state index contributed by atoms with van der Waals surface area (Å²) in [6.07, 6.45) is 0. The number of fused-ring (bicyclic) bond motifs is 1. The summed E-state index contributed by atoms with van der Waals surface area (Å²) in [5.74, 6) is -1.28. The maximum absolute atomic E-state index is 14.1. The molecule has 0 aliphatic carbocycles. The molecule has 7 nitrogen and oxygen atoms in total. The van der Waals surface area contributed by atoms with Crippen LogP contribution in [0.3, 0.4) is 0 Å². The average Bonchev–Trinajstić information content (AvgIpc) is 2.98. The average molecular weight is 537 g/mol. The summed E-state index contributed by atoms with van der Waals surface area (Å²) in [7, 11) is 0. The Labute approximate surface area is 235 Å². The standard InChI is InChI=1S/C33H36N4O3/c1-23(33(39)40)21-36-17-19-37(20-18-36)22-28-30(32(38)34-24(2)25-11-5-3-6-12-25)27-15-9-10-16-29(27)35-31(28)26-13-7-4-8-14-26/h3-16,23-24H,17-22H2,1-2H3,(H,34,38)(H,39,40)/t23-,24+/m1/s1. The van der Waals surface area contributed by atoms with E-state index in [2.05, 4.69) is 15.1 Å². The van der Waals surface area contributed by atoms with E-state index >= 15 is 0 Å². The molecule has 1 fully saturated rings. The number of nitrogens with one attached hydrogen (secondary N) is 1. The Hall–Kier alpha value is -4.07. The number of hydrogen-bond donors (Lipinski definition) is 2. The maximum Gasteiger partial charge on any atom is 0.307 e. The first-order valence-corrected chi connectivity index (χ1v) is 13.9. The highest BCUT2D eigenvalue weighted by Gasteiger charge is 2.27. The highest BCUT2D eigenvalue weighted by atomic mass is 16.4. The number of nitrogens with zero attached hydrogens (tertiary/aromatic N) is 3. The van der Waals surface area contributed by atoms with E-state index in [9.17, 15) is 14.7 Å². The van der Waals surface area contributed by atoms with Gasteiger partial charge in [0.1, 0.15) is 0 Å². The number of aromatic nitrogens is 1. The third-order valence-electron chi connectivity index (χ3n) is 7.71. The Bertz CT molecular complexity index is 1470. The Balaban J connectivity index is 1.51. The van der Waals surface area contributed by atoms with E-state index in [4.69, 9.17) is 4.98 Å². The van der Waals surface area contributed by atoms with Crippen molar-refractivity contribution in [3.05, 3.63) is 102 Å². The van der Waals surface area contributed by atoms with Gasteiger partial charge in [0.05, 0.1) is 28.7 Å². The van der Waals surface area contributed by atoms with Gasteiger partial charge in [-0.05, 0) is 18.6 Å². The van der Waals surface area contributed by atoms with Crippen molar-refractivity contribution in [3.8, 4) is 11.3 Å². The zero-order valence-corrected chi connectivity index (χ0v) is 23.1. The second-order valence-electron chi connectivity index (χ2n) is 10.6. The monoisotopic (exact) mass is 536 g/mol. The Kier molecular flexibility index (Phi) is 8.53. The van der Waals surface area contributed by atoms with Crippen LogP contribution in [0.15, 0.2) is 84.9 Å². The number of piperazine rings is 1. The van der Waals surface area contributed by atoms with Gasteiger partial charge in [-0.3, -0.25) is 19.4 Å². The predicted molar refractivity (Wildman–Crippen MR) is 158 cm³/mol. The largest absolute Gasteiger partial charge is 0.481 e. The van der Waals surface area contributed by atoms with Crippen molar-refractivity contribution in [1.29, 1.82) is 0 Å². The van der Waals surface area contributed by atoms with Crippen LogP contribution >= 0.6 is 0 Å². The fraction of sp³-hybridized carbons (Fsp3) is 0.303. The number of rotatable bonds is 9. The molecule has 1 aromatic heterocycles. The van der Waals surface area contributed by atoms with E-state index in [1.54, 1.807) is 6.92 Å². The van der Waals surface area contributed by atoms with E-state index in [1.165, 1.54) is 0 Å². The van der Waals surface area contributed by atoms with Gasteiger partial charge >= 0.3 is 5.97 Å². The van der Waals surface area contributed by atoms with Crippen molar-refractivity contribution >= 4 is 22.8 Å². The molecule has 5 rings (SSSR count). The number of carbonyl (C=O) groups is 2. The molecule has 1 amide bonds. The quantitative estimate of drug-likeness (QED) is 0.305. The van der Waals surface area contributed by atoms with Gasteiger partial charge in [0.25, 0.3) is 5.91 Å². The normalized spacial score (nSPS) is 15.9. The van der Waals surface area contributed by atoms with Gasteiger partial charge in [-0.25, -0.2) is 4.98 Å². The number of hydrogen-bond acceptors (Lipinski definition) is 5. The summed E-state index contributed by atoms with van der Waals surface area (Å²) in [5, 5.41) is 13.4. The highest BCUT2D eigenvalue weighted by molar-refractivity contribution is 6.09. The molecule has 7 heteroatoms. The first kappa shape index (κ1) is 27.5. The molecule has 206 valence electrons. The lowest BCUT2D eigenvalue weighted by Crippen LogP contribution is -2.48. The van der Waals surface area contributed by atoms with Crippen molar-refractivity contribution in [1.82, 2.24) is 20.1 Å². The molecule has 2 heterocycles. The molecule has 2 N–H and O–H groups in total. The summed E-state index contributed by atoms with van der Waals surface area (Å²) in [4.78, 5) is 35.1. The molecule has 0 bridgehead atoms. The SMILES string of the molecule is C[C@H](CN1CCN(Cc2c(-c3ccccc3)nc3ccccc3c2C(=O)N[C@@H](C)c2ccccc2)CC1)C(=O)O. The number of aliphatic carboxylic acids is 1. The third-order valence-corrected chi connectivity index (χ3v) is 7.71. The first-order valence-electron chi connectivity index (χ1n) is 13.9. The van der Waals surface area contributed by atoms with Gasteiger partial charge in [-0.2, -0.15) is 0 Å². The summed E-state index contributed by atoms with van der Waals surface area (Å²) in [5.41, 5.74) is 5.20. The van der Waals surface area contributed by atoms with Crippen LogP contribution in [0.4, 0.5) is 0 Å². The molecule has 2 atom stereocenters. The summed E-state index contributed by atoms with van der Waals surface area (Å²) in [6.45, 7) is 8.02. The molecule has 1 aliphatic rings. The number of para-hydroxylation sites is 1. The lowest BCUT2D eigenvalue weighted by Gasteiger charge is -2.36. The molecular weight excluding hydrogens is 500 g/mol. The zero-order chi connectivity index (χ0) is 28.1. The Morgan fingerprint density at radius 3 is 2.12 bits per heavy atom. The van der Waals surface area contributed by atoms with Crippen molar-refractivity contribution < 1.29 is 14.7 Å². The van der Waals surface area contributed by atoms with Crippen LogP contribution < -0.4 is 5.32 Å². The van der Waals surface area contributed by atoms with Crippen LogP contribution in [0.1, 0.15) is 41.4 Å². The lowest BCUT2D eigenvalue weighted by atomic mass is 9.95. The molecule has 0 unspecified atom stereocenters. The van der Waals surface area contributed by atoms with Gasteiger partial charge in [0, 0.05) is 55.8 Å². The number of carboxylic acid groups (broad SMARTS) is 1. The van der Waals surface area contributed by atoms with Crippen LogP contribution in [0.2, 0.25) is 0 Å². The fourth-order valence-electron chi connectivity index (χ4n) is 5.41. The molecule has 40 heavy (non-hydrogen) atoms. The highest BCUT2D eigenvalue weighted by Crippen LogP contribution is 2.32. The van der Waals surface area contributed by atoms with Gasteiger partial charge in [0.15, 0.2) is 0 Å². The van der Waals surface area contributed by atoms with Crippen molar-refractivity contribution in [2.24, 2.45) is 5.92 Å². The van der Waals surface area contributed by atoms with Gasteiger partial charge in [0.2, 0.25) is 0 Å². The van der Waals surface area contributed by atoms with E-state index in [-0.39, 0.29) is 11.9 Å². The summed E-state index contributed by atoms with van der Waals surface area (Å²) >= 11 is 0. The Morgan fingerprint density at radius 1 is 0.850 bits per heavy atom. The molecule has 3 aromatic carbocycles. The number of carbonyl (C=O) groups excluding carboxylic acids is 1. The number of pyridine rings is 1. The van der Waals surface area contributed by atoms with Crippen LogP contribution in [0, 0.1) is 5.92 Å². The minimum atomic E-state index is -0.766. The van der Waals surface area contributed by atoms with E-state index in [1.807, 2.05) is 91.9 Å². The topological polar surface area (TPSA) is 85.8 Å². The molecule has 0 saturated carbocycles. The van der Waals surface area contributed by atoms with Crippen molar-refractivity contribution in [2.75, 3.05) is 32.7 Å². The molecule has 0 spiro atoms. The third kappa shape index (κ3) is 6.22. The van der Waals surface area contributed by atoms with E-state index < -0.39 is 11.9 Å². The fourth-order valence-corrected chi connectivity index (χ4v) is 5.41. The van der Waals surface area contributed by atoms with Gasteiger partial charge in [-0.15, -0.1) is 0 Å². The van der Waals surface area contributed by atoms with E-state index in [0.717, 1.165) is 59.5 Å². The van der Waals surface area contributed by atoms with Crippen LogP contribution in [0.25, 0.3) is 22.2 Å². The maximum atomic E-state index is 14.1. The summed E-state index contributed by atoms with van der Waals surface area (Å²) < 4.78 is 0. The van der Waals surface area contributed by atoms with Crippen LogP contribution in [0.5, 0.6) is 0 Å². The Morgan fingerprint density at radius 2 is 1.45 bits per heavy atom. The minimum absolute atomic E-state index is 0.115. The minimum Gasteiger partial charge on any atom is -0.481 e.